The van der Waals surface area contributed by atoms with Gasteiger partial charge in [0, 0.05) is 11.9 Å². The van der Waals surface area contributed by atoms with Gasteiger partial charge in [-0.3, -0.25) is 0 Å². The summed E-state index contributed by atoms with van der Waals surface area (Å²) in [5.41, 5.74) is 10.5. The van der Waals surface area contributed by atoms with E-state index in [1.54, 1.807) is 28.4 Å². The van der Waals surface area contributed by atoms with Crippen molar-refractivity contribution in [1.82, 2.24) is 25.3 Å². The van der Waals surface area contributed by atoms with Crippen molar-refractivity contribution in [3.63, 3.8) is 0 Å². The number of ether oxygens (including phenoxy) is 4. The van der Waals surface area contributed by atoms with Gasteiger partial charge in [0.1, 0.15) is 0 Å². The number of alkyl halides is 1. The zero-order chi connectivity index (χ0) is 27.3. The Kier molecular flexibility index (Phi) is 9.45. The Morgan fingerprint density at radius 1 is 0.649 bits per heavy atom. The largest absolute Gasteiger partial charge is 0.477 e. The van der Waals surface area contributed by atoms with E-state index in [-0.39, 0.29) is 0 Å². The first kappa shape index (κ1) is 28.3. The van der Waals surface area contributed by atoms with E-state index in [9.17, 15) is 0 Å². The summed E-state index contributed by atoms with van der Waals surface area (Å²) >= 11 is 3.51. The van der Waals surface area contributed by atoms with Gasteiger partial charge in [-0.1, -0.05) is 15.9 Å². The van der Waals surface area contributed by atoms with E-state index in [0.717, 1.165) is 45.1 Å². The summed E-state index contributed by atoms with van der Waals surface area (Å²) in [6, 6.07) is 4.05. The molecule has 0 saturated heterocycles. The Morgan fingerprint density at radius 2 is 1.03 bits per heavy atom. The highest BCUT2D eigenvalue weighted by Crippen LogP contribution is 2.31. The summed E-state index contributed by atoms with van der Waals surface area (Å²) in [4.78, 5) is 17.9. The average Bonchev–Trinajstić information content (AvgIpc) is 2.91. The quantitative estimate of drug-likeness (QED) is 0.302. The highest BCUT2D eigenvalue weighted by Gasteiger charge is 2.16. The van der Waals surface area contributed by atoms with Crippen LogP contribution in [0.25, 0.3) is 22.1 Å². The first-order valence-corrected chi connectivity index (χ1v) is 12.8. The average molecular weight is 573 g/mol. The van der Waals surface area contributed by atoms with E-state index in [1.807, 2.05) is 19.2 Å². The highest BCUT2D eigenvalue weighted by molar-refractivity contribution is 9.08. The maximum Gasteiger partial charge on any atom is 0.278 e. The molecule has 10 heteroatoms. The number of fused-ring (bicyclic) bond motifs is 2. The van der Waals surface area contributed by atoms with Gasteiger partial charge in [0.15, 0.2) is 0 Å². The van der Waals surface area contributed by atoms with Crippen LogP contribution in [0.15, 0.2) is 12.1 Å². The van der Waals surface area contributed by atoms with E-state index in [4.69, 9.17) is 18.9 Å². The van der Waals surface area contributed by atoms with Crippen LogP contribution in [-0.4, -0.2) is 55.4 Å². The van der Waals surface area contributed by atoms with Crippen molar-refractivity contribution in [2.45, 2.75) is 39.6 Å². The molecule has 0 bridgehead atoms. The number of nitrogens with zero attached hydrogens (tertiary/aromatic N) is 4. The Morgan fingerprint density at radius 3 is 1.41 bits per heavy atom. The second-order valence-electron chi connectivity index (χ2n) is 8.48. The van der Waals surface area contributed by atoms with Crippen molar-refractivity contribution in [1.29, 1.82) is 0 Å². The van der Waals surface area contributed by atoms with Crippen LogP contribution in [-0.2, 0) is 11.9 Å². The van der Waals surface area contributed by atoms with Crippen molar-refractivity contribution < 1.29 is 18.9 Å². The third-order valence-electron chi connectivity index (χ3n) is 6.35. The van der Waals surface area contributed by atoms with E-state index in [1.165, 1.54) is 22.3 Å². The first-order valence-electron chi connectivity index (χ1n) is 11.7. The lowest BCUT2D eigenvalue weighted by atomic mass is 10.0. The predicted molar refractivity (Wildman–Crippen MR) is 150 cm³/mol. The summed E-state index contributed by atoms with van der Waals surface area (Å²) in [6.07, 6.45) is 0. The molecule has 9 nitrogen and oxygen atoms in total. The molecule has 0 saturated carbocycles. The Labute approximate surface area is 226 Å². The van der Waals surface area contributed by atoms with Crippen molar-refractivity contribution >= 4 is 38.0 Å². The third kappa shape index (κ3) is 5.70. The smallest absolute Gasteiger partial charge is 0.278 e. The maximum atomic E-state index is 5.23. The maximum absolute atomic E-state index is 5.23. The minimum Gasteiger partial charge on any atom is -0.477 e. The number of aryl methyl sites for hydroxylation is 2. The highest BCUT2D eigenvalue weighted by atomic mass is 79.9. The van der Waals surface area contributed by atoms with Gasteiger partial charge in [-0.25, -0.2) is 19.9 Å². The minimum atomic E-state index is 0.411. The second kappa shape index (κ2) is 12.3. The minimum absolute atomic E-state index is 0.411. The molecule has 0 spiro atoms. The normalized spacial score (nSPS) is 10.8. The third-order valence-corrected chi connectivity index (χ3v) is 6.91. The molecular formula is C27H34BrN5O4. The van der Waals surface area contributed by atoms with Crippen LogP contribution in [0.1, 0.15) is 33.4 Å². The molecule has 0 fully saturated rings. The van der Waals surface area contributed by atoms with E-state index in [2.05, 4.69) is 68.9 Å². The fourth-order valence-corrected chi connectivity index (χ4v) is 4.71. The molecule has 2 aromatic carbocycles. The van der Waals surface area contributed by atoms with Gasteiger partial charge in [-0.2, -0.15) is 0 Å². The van der Waals surface area contributed by atoms with Crippen LogP contribution in [0.2, 0.25) is 0 Å². The van der Waals surface area contributed by atoms with Gasteiger partial charge in [0.25, 0.3) is 23.5 Å². The first-order chi connectivity index (χ1) is 17.7. The summed E-state index contributed by atoms with van der Waals surface area (Å²) in [6.45, 7) is 9.07. The van der Waals surface area contributed by atoms with Crippen molar-refractivity contribution in [2.24, 2.45) is 0 Å². The zero-order valence-corrected chi connectivity index (χ0v) is 24.5. The Bertz CT molecular complexity index is 1430. The van der Waals surface area contributed by atoms with Crippen LogP contribution in [0.5, 0.6) is 23.5 Å². The number of nitrogens with one attached hydrogen (secondary N) is 1. The molecule has 2 heterocycles. The van der Waals surface area contributed by atoms with Gasteiger partial charge in [0.05, 0.1) is 50.5 Å². The number of benzene rings is 2. The standard InChI is InChI=1S/C14H19N3O2.C13H15BrN2O2/c1-8-6-11-12(10(7-15-3)9(8)2)17-14(19-5)13(16-11)18-4;1-7-5-10-11(9(6-14)8(7)2)16-13(18-4)12(15-10)17-3/h6,15H,7H2,1-5H3;5H,6H2,1-4H3. The number of methoxy groups -OCH3 is 4. The fourth-order valence-electron chi connectivity index (χ4n) is 4.03. The Balaban J connectivity index is 0.000000206. The Hall–Kier alpha value is -3.24. The number of halogens is 1. The molecule has 1 N–H and O–H groups in total. The fraction of sp³-hybridized carbons (Fsp3) is 0.407. The monoisotopic (exact) mass is 571 g/mol. The van der Waals surface area contributed by atoms with E-state index < -0.39 is 0 Å². The van der Waals surface area contributed by atoms with Crippen LogP contribution < -0.4 is 24.3 Å². The van der Waals surface area contributed by atoms with E-state index in [0.29, 0.717) is 23.5 Å². The van der Waals surface area contributed by atoms with Gasteiger partial charge < -0.3 is 24.3 Å². The molecule has 0 aliphatic rings. The van der Waals surface area contributed by atoms with Crippen LogP contribution in [0.3, 0.4) is 0 Å². The molecule has 0 atom stereocenters. The molecule has 2 aromatic heterocycles. The lowest BCUT2D eigenvalue weighted by Gasteiger charge is -2.14. The molecule has 198 valence electrons. The van der Waals surface area contributed by atoms with Gasteiger partial charge in [-0.05, 0) is 80.3 Å². The summed E-state index contributed by atoms with van der Waals surface area (Å²) in [5.74, 6) is 1.65. The summed E-state index contributed by atoms with van der Waals surface area (Å²) < 4.78 is 20.8. The topological polar surface area (TPSA) is 101 Å². The lowest BCUT2D eigenvalue weighted by molar-refractivity contribution is 0.334. The summed E-state index contributed by atoms with van der Waals surface area (Å²) in [7, 11) is 8.17. The molecule has 4 rings (SSSR count). The van der Waals surface area contributed by atoms with Crippen molar-refractivity contribution in [3.8, 4) is 23.5 Å². The van der Waals surface area contributed by atoms with Crippen molar-refractivity contribution in [2.75, 3.05) is 35.5 Å². The molecule has 0 unspecified atom stereocenters. The molecule has 4 aromatic rings. The number of hydrogen-bond donors (Lipinski definition) is 1. The zero-order valence-electron chi connectivity index (χ0n) is 22.9. The SMILES string of the molecule is CNCc1c(C)c(C)cc2nc(OC)c(OC)nc12.COc1nc2cc(C)c(C)c(CBr)c2nc1OC. The summed E-state index contributed by atoms with van der Waals surface area (Å²) in [5, 5.41) is 3.91. The molecule has 37 heavy (non-hydrogen) atoms. The molecule has 0 amide bonds. The molecule has 0 aliphatic carbocycles. The van der Waals surface area contributed by atoms with Crippen LogP contribution >= 0.6 is 15.9 Å². The van der Waals surface area contributed by atoms with Crippen LogP contribution in [0.4, 0.5) is 0 Å². The van der Waals surface area contributed by atoms with Gasteiger partial charge in [0.2, 0.25) is 0 Å². The number of rotatable bonds is 7. The second-order valence-corrected chi connectivity index (χ2v) is 9.04. The van der Waals surface area contributed by atoms with Crippen LogP contribution in [0, 0.1) is 27.7 Å². The lowest BCUT2D eigenvalue weighted by Crippen LogP contribution is -2.10. The number of hydrogen-bond acceptors (Lipinski definition) is 9. The van der Waals surface area contributed by atoms with Gasteiger partial charge >= 0.3 is 0 Å². The number of aromatic nitrogens is 4. The van der Waals surface area contributed by atoms with Gasteiger partial charge in [-0.15, -0.1) is 0 Å². The molecular weight excluding hydrogens is 538 g/mol. The molecule has 0 radical (unpaired) electrons. The molecule has 0 aliphatic heterocycles. The predicted octanol–water partition coefficient (Wildman–Crippen LogP) is 5.14. The van der Waals surface area contributed by atoms with Crippen molar-refractivity contribution in [3.05, 3.63) is 45.5 Å². The van der Waals surface area contributed by atoms with E-state index >= 15 is 0 Å².